The number of thioether (sulfide) groups is 1. The molecule has 5 heteroatoms. The van der Waals surface area contributed by atoms with E-state index in [9.17, 15) is 4.79 Å². The van der Waals surface area contributed by atoms with Crippen molar-refractivity contribution in [2.45, 2.75) is 25.9 Å². The highest BCUT2D eigenvalue weighted by atomic mass is 35.5. The largest absolute Gasteiger partial charge is 0.293 e. The molecule has 0 saturated heterocycles. The second kappa shape index (κ2) is 6.78. The molecule has 2 unspecified atom stereocenters. The van der Waals surface area contributed by atoms with Crippen LogP contribution in [0, 0.1) is 0 Å². The van der Waals surface area contributed by atoms with Crippen molar-refractivity contribution < 1.29 is 4.79 Å². The Morgan fingerprint density at radius 2 is 2.18 bits per heavy atom. The molecule has 2 nitrogen and oxygen atoms in total. The average Bonchev–Trinajstić information content (AvgIpc) is 2.73. The Labute approximate surface area is 116 Å². The van der Waals surface area contributed by atoms with Crippen LogP contribution in [0.5, 0.6) is 0 Å². The summed E-state index contributed by atoms with van der Waals surface area (Å²) < 4.78 is 0.667. The zero-order chi connectivity index (χ0) is 13.0. The van der Waals surface area contributed by atoms with Gasteiger partial charge in [0.25, 0.3) is 0 Å². The normalized spacial score (nSPS) is 14.9. The van der Waals surface area contributed by atoms with E-state index in [2.05, 4.69) is 18.1 Å². The Hall–Kier alpha value is -0.0300. The van der Waals surface area contributed by atoms with Crippen LogP contribution in [0.2, 0.25) is 4.34 Å². The number of Topliss-reactive ketones (excluding diaryl/α,β-unsaturated/α-hetero) is 1. The Morgan fingerprint density at radius 1 is 1.53 bits per heavy atom. The van der Waals surface area contributed by atoms with E-state index in [1.807, 2.05) is 14.0 Å². The lowest BCUT2D eigenvalue weighted by atomic mass is 10.1. The maximum atomic E-state index is 12.2. The molecule has 0 aliphatic heterocycles. The van der Waals surface area contributed by atoms with Crippen LogP contribution in [0.25, 0.3) is 0 Å². The summed E-state index contributed by atoms with van der Waals surface area (Å²) in [5.74, 6) is 1.18. The molecule has 96 valence electrons. The molecule has 1 rings (SSSR count). The molecule has 2 atom stereocenters. The molecule has 0 fully saturated rings. The van der Waals surface area contributed by atoms with Gasteiger partial charge in [-0.2, -0.15) is 11.8 Å². The number of ketones is 1. The maximum Gasteiger partial charge on any atom is 0.189 e. The number of thiophene rings is 1. The van der Waals surface area contributed by atoms with Crippen molar-refractivity contribution in [2.75, 3.05) is 19.1 Å². The van der Waals surface area contributed by atoms with E-state index in [1.165, 1.54) is 11.3 Å². The van der Waals surface area contributed by atoms with Gasteiger partial charge >= 0.3 is 0 Å². The Kier molecular flexibility index (Phi) is 6.00. The van der Waals surface area contributed by atoms with Crippen LogP contribution in [0.1, 0.15) is 23.5 Å². The van der Waals surface area contributed by atoms with Gasteiger partial charge in [-0.1, -0.05) is 11.6 Å². The first-order chi connectivity index (χ1) is 7.97. The average molecular weight is 292 g/mol. The fraction of sp³-hybridized carbons (Fsp3) is 0.583. The molecule has 0 radical (unpaired) electrons. The fourth-order valence-electron chi connectivity index (χ4n) is 1.58. The molecular weight excluding hydrogens is 274 g/mol. The van der Waals surface area contributed by atoms with Crippen molar-refractivity contribution >= 4 is 40.5 Å². The summed E-state index contributed by atoms with van der Waals surface area (Å²) in [6.07, 6.45) is 2.08. The van der Waals surface area contributed by atoms with E-state index in [1.54, 1.807) is 23.9 Å². The molecule has 0 aliphatic carbocycles. The zero-order valence-electron chi connectivity index (χ0n) is 10.6. The first-order valence-corrected chi connectivity index (χ1v) is 8.06. The van der Waals surface area contributed by atoms with Gasteiger partial charge in [-0.05, 0) is 39.3 Å². The van der Waals surface area contributed by atoms with Crippen molar-refractivity contribution in [2.24, 2.45) is 0 Å². The van der Waals surface area contributed by atoms with Gasteiger partial charge < -0.3 is 0 Å². The minimum atomic E-state index is -0.105. The Bertz CT molecular complexity index is 380. The summed E-state index contributed by atoms with van der Waals surface area (Å²) in [4.78, 5) is 15.1. The number of hydrogen-bond acceptors (Lipinski definition) is 4. The molecule has 1 aromatic heterocycles. The van der Waals surface area contributed by atoms with E-state index in [0.29, 0.717) is 10.4 Å². The molecule has 0 aromatic carbocycles. The van der Waals surface area contributed by atoms with Gasteiger partial charge in [0.1, 0.15) is 0 Å². The van der Waals surface area contributed by atoms with E-state index in [4.69, 9.17) is 11.6 Å². The Morgan fingerprint density at radius 3 is 2.65 bits per heavy atom. The second-order valence-electron chi connectivity index (χ2n) is 4.11. The summed E-state index contributed by atoms with van der Waals surface area (Å²) in [5, 5.41) is 0. The van der Waals surface area contributed by atoms with E-state index < -0.39 is 0 Å². The van der Waals surface area contributed by atoms with Gasteiger partial charge in [0.15, 0.2) is 5.78 Å². The quantitative estimate of drug-likeness (QED) is 0.746. The summed E-state index contributed by atoms with van der Waals surface area (Å²) in [6, 6.07) is 3.86. The highest BCUT2D eigenvalue weighted by molar-refractivity contribution is 7.98. The highest BCUT2D eigenvalue weighted by Gasteiger charge is 2.24. The van der Waals surface area contributed by atoms with E-state index in [0.717, 1.165) is 10.6 Å². The molecule has 0 aliphatic rings. The smallest absolute Gasteiger partial charge is 0.189 e. The van der Waals surface area contributed by atoms with E-state index in [-0.39, 0.29) is 11.8 Å². The first kappa shape index (κ1) is 15.0. The standard InChI is InChI=1S/C12H18ClNOS2/c1-8(7-16-4)14(3)9(2)12(15)10-5-6-11(13)17-10/h5-6,8-9H,7H2,1-4H3. The first-order valence-electron chi connectivity index (χ1n) is 5.47. The third kappa shape index (κ3) is 3.98. The van der Waals surface area contributed by atoms with Gasteiger partial charge in [0, 0.05) is 11.8 Å². The van der Waals surface area contributed by atoms with Crippen LogP contribution in [0.3, 0.4) is 0 Å². The lowest BCUT2D eigenvalue weighted by molar-refractivity contribution is 0.0843. The zero-order valence-corrected chi connectivity index (χ0v) is 13.0. The van der Waals surface area contributed by atoms with Crippen molar-refractivity contribution in [1.82, 2.24) is 4.90 Å². The molecule has 0 saturated carbocycles. The van der Waals surface area contributed by atoms with E-state index >= 15 is 0 Å². The summed E-state index contributed by atoms with van der Waals surface area (Å²) in [5.41, 5.74) is 0. The molecular formula is C12H18ClNOS2. The highest BCUT2D eigenvalue weighted by Crippen LogP contribution is 2.24. The molecule has 0 bridgehead atoms. The molecule has 0 N–H and O–H groups in total. The van der Waals surface area contributed by atoms with Crippen LogP contribution < -0.4 is 0 Å². The van der Waals surface area contributed by atoms with Crippen LogP contribution in [0.4, 0.5) is 0 Å². The number of carbonyl (C=O) groups is 1. The van der Waals surface area contributed by atoms with Crippen LogP contribution >= 0.6 is 34.7 Å². The number of hydrogen-bond donors (Lipinski definition) is 0. The van der Waals surface area contributed by atoms with Gasteiger partial charge in [0.2, 0.25) is 0 Å². The van der Waals surface area contributed by atoms with Gasteiger partial charge in [-0.25, -0.2) is 0 Å². The molecule has 1 heterocycles. The topological polar surface area (TPSA) is 20.3 Å². The number of halogens is 1. The third-order valence-electron chi connectivity index (χ3n) is 2.91. The molecule has 0 amide bonds. The number of carbonyl (C=O) groups excluding carboxylic acids is 1. The lowest BCUT2D eigenvalue weighted by Crippen LogP contribution is -2.42. The number of likely N-dealkylation sites (N-methyl/N-ethyl adjacent to an activating group) is 1. The van der Waals surface area contributed by atoms with Crippen LogP contribution in [-0.4, -0.2) is 41.8 Å². The van der Waals surface area contributed by atoms with Gasteiger partial charge in [-0.3, -0.25) is 9.69 Å². The molecule has 0 spiro atoms. The minimum Gasteiger partial charge on any atom is -0.293 e. The van der Waals surface area contributed by atoms with Gasteiger partial charge in [-0.15, -0.1) is 11.3 Å². The maximum absolute atomic E-state index is 12.2. The summed E-state index contributed by atoms with van der Waals surface area (Å²) >= 11 is 9.00. The second-order valence-corrected chi connectivity index (χ2v) is 6.74. The molecule has 17 heavy (non-hydrogen) atoms. The third-order valence-corrected chi connectivity index (χ3v) is 4.97. The van der Waals surface area contributed by atoms with Crippen LogP contribution in [-0.2, 0) is 0 Å². The van der Waals surface area contributed by atoms with Crippen molar-refractivity contribution in [3.8, 4) is 0 Å². The van der Waals surface area contributed by atoms with Crippen molar-refractivity contribution in [3.05, 3.63) is 21.3 Å². The summed E-state index contributed by atoms with van der Waals surface area (Å²) in [6.45, 7) is 4.09. The number of rotatable bonds is 6. The molecule has 1 aromatic rings. The SMILES string of the molecule is CSCC(C)N(C)C(C)C(=O)c1ccc(Cl)s1. The number of nitrogens with zero attached hydrogens (tertiary/aromatic N) is 1. The fourth-order valence-corrected chi connectivity index (χ4v) is 3.36. The van der Waals surface area contributed by atoms with Crippen molar-refractivity contribution in [1.29, 1.82) is 0 Å². The monoisotopic (exact) mass is 291 g/mol. The lowest BCUT2D eigenvalue weighted by Gasteiger charge is -2.29. The summed E-state index contributed by atoms with van der Waals surface area (Å²) in [7, 11) is 2.00. The predicted octanol–water partition coefficient (Wildman–Crippen LogP) is 3.66. The Balaban J connectivity index is 2.69. The van der Waals surface area contributed by atoms with Crippen LogP contribution in [0.15, 0.2) is 12.1 Å². The predicted molar refractivity (Wildman–Crippen MR) is 78.7 cm³/mol. The van der Waals surface area contributed by atoms with Crippen molar-refractivity contribution in [3.63, 3.8) is 0 Å². The minimum absolute atomic E-state index is 0.105. The van der Waals surface area contributed by atoms with Gasteiger partial charge in [0.05, 0.1) is 15.3 Å².